The van der Waals surface area contributed by atoms with Crippen molar-refractivity contribution < 1.29 is 13.2 Å². The van der Waals surface area contributed by atoms with Crippen LogP contribution in [0.25, 0.3) is 0 Å². The van der Waals surface area contributed by atoms with Crippen molar-refractivity contribution in [3.8, 4) is 0 Å². The van der Waals surface area contributed by atoms with Crippen LogP contribution in [0.3, 0.4) is 0 Å². The third-order valence-electron chi connectivity index (χ3n) is 4.68. The number of hydrogen-bond donors (Lipinski definition) is 2. The highest BCUT2D eigenvalue weighted by Crippen LogP contribution is 2.24. The van der Waals surface area contributed by atoms with Gasteiger partial charge in [0.05, 0.1) is 4.90 Å². The Bertz CT molecular complexity index is 748. The lowest BCUT2D eigenvalue weighted by Gasteiger charge is -2.26. The molecule has 0 radical (unpaired) electrons. The fraction of sp³-hybridized carbons (Fsp3) is 0.650. The molecule has 2 rings (SSSR count). The largest absolute Gasteiger partial charge is 0.352 e. The van der Waals surface area contributed by atoms with Crippen molar-refractivity contribution >= 4 is 15.9 Å². The molecule has 0 bridgehead atoms. The molecule has 0 aromatic heterocycles. The first kappa shape index (κ1) is 21.9. The Hall–Kier alpha value is -1.44. The van der Waals surface area contributed by atoms with Crippen LogP contribution in [0.4, 0.5) is 0 Å². The minimum atomic E-state index is -3.55. The molecule has 0 saturated carbocycles. The highest BCUT2D eigenvalue weighted by molar-refractivity contribution is 7.89. The van der Waals surface area contributed by atoms with Crippen molar-refractivity contribution in [2.75, 3.05) is 26.2 Å². The molecule has 1 amide bonds. The van der Waals surface area contributed by atoms with Gasteiger partial charge in [-0.15, -0.1) is 0 Å². The summed E-state index contributed by atoms with van der Waals surface area (Å²) in [5, 5.41) is 6.25. The van der Waals surface area contributed by atoms with E-state index in [9.17, 15) is 13.2 Å². The molecule has 1 saturated heterocycles. The molecule has 1 aliphatic rings. The van der Waals surface area contributed by atoms with E-state index < -0.39 is 10.0 Å². The first-order valence-corrected chi connectivity index (χ1v) is 11.2. The Morgan fingerprint density at radius 2 is 1.78 bits per heavy atom. The number of hydrogen-bond acceptors (Lipinski definition) is 4. The predicted molar refractivity (Wildman–Crippen MR) is 108 cm³/mol. The third kappa shape index (κ3) is 6.30. The Balaban J connectivity index is 2.02. The first-order chi connectivity index (χ1) is 12.6. The van der Waals surface area contributed by atoms with Gasteiger partial charge >= 0.3 is 0 Å². The number of piperidine rings is 1. The van der Waals surface area contributed by atoms with E-state index in [4.69, 9.17) is 0 Å². The van der Waals surface area contributed by atoms with Gasteiger partial charge < -0.3 is 10.6 Å². The van der Waals surface area contributed by atoms with Crippen LogP contribution in [-0.4, -0.2) is 50.3 Å². The number of carbonyl (C=O) groups is 1. The van der Waals surface area contributed by atoms with E-state index in [1.807, 2.05) is 0 Å². The summed E-state index contributed by atoms with van der Waals surface area (Å²) in [5.41, 5.74) is 1.12. The van der Waals surface area contributed by atoms with Crippen molar-refractivity contribution in [2.45, 2.75) is 63.8 Å². The van der Waals surface area contributed by atoms with Crippen molar-refractivity contribution in [1.82, 2.24) is 14.9 Å². The zero-order chi connectivity index (χ0) is 20.1. The average Bonchev–Trinajstić information content (AvgIpc) is 2.61. The SMILES string of the molecule is Cc1ccc(C(=O)NCCCNC(C)(C)C)cc1S(=O)(=O)N1CCCCC1. The predicted octanol–water partition coefficient (Wildman–Crippen LogP) is 2.68. The van der Waals surface area contributed by atoms with Gasteiger partial charge in [0, 0.05) is 30.7 Å². The standard InChI is InChI=1S/C20H33N3O3S/c1-16-9-10-17(19(24)21-11-8-12-22-20(2,3)4)15-18(16)27(25,26)23-13-6-5-7-14-23/h9-10,15,22H,5-8,11-14H2,1-4H3,(H,21,24). The number of nitrogens with zero attached hydrogens (tertiary/aromatic N) is 1. The van der Waals surface area contributed by atoms with E-state index in [0.717, 1.165) is 32.2 Å². The number of carbonyl (C=O) groups excluding carboxylic acids is 1. The molecule has 1 aromatic rings. The zero-order valence-electron chi connectivity index (χ0n) is 17.0. The Morgan fingerprint density at radius 1 is 1.11 bits per heavy atom. The third-order valence-corrected chi connectivity index (χ3v) is 6.72. The number of benzene rings is 1. The number of amides is 1. The second-order valence-corrected chi connectivity index (χ2v) is 10.1. The molecule has 27 heavy (non-hydrogen) atoms. The highest BCUT2D eigenvalue weighted by atomic mass is 32.2. The quantitative estimate of drug-likeness (QED) is 0.696. The van der Waals surface area contributed by atoms with Gasteiger partial charge in [-0.2, -0.15) is 4.31 Å². The van der Waals surface area contributed by atoms with Crippen molar-refractivity contribution in [3.05, 3.63) is 29.3 Å². The molecule has 2 N–H and O–H groups in total. The summed E-state index contributed by atoms with van der Waals surface area (Å²) >= 11 is 0. The summed E-state index contributed by atoms with van der Waals surface area (Å²) in [6.45, 7) is 10.5. The van der Waals surface area contributed by atoms with Gasteiger partial charge in [0.25, 0.3) is 5.91 Å². The van der Waals surface area contributed by atoms with E-state index in [1.165, 1.54) is 6.07 Å². The van der Waals surface area contributed by atoms with Crippen LogP contribution in [0, 0.1) is 6.92 Å². The van der Waals surface area contributed by atoms with Gasteiger partial charge in [0.1, 0.15) is 0 Å². The Kier molecular flexibility index (Phi) is 7.42. The second-order valence-electron chi connectivity index (χ2n) is 8.23. The topological polar surface area (TPSA) is 78.5 Å². The minimum absolute atomic E-state index is 0.0542. The van der Waals surface area contributed by atoms with E-state index in [2.05, 4.69) is 31.4 Å². The maximum Gasteiger partial charge on any atom is 0.251 e. The van der Waals surface area contributed by atoms with Crippen LogP contribution in [0.5, 0.6) is 0 Å². The fourth-order valence-electron chi connectivity index (χ4n) is 3.12. The van der Waals surface area contributed by atoms with Crippen LogP contribution in [0.2, 0.25) is 0 Å². The Labute approximate surface area is 163 Å². The summed E-state index contributed by atoms with van der Waals surface area (Å²) in [7, 11) is -3.55. The molecule has 6 nitrogen and oxygen atoms in total. The molecule has 152 valence electrons. The molecule has 0 unspecified atom stereocenters. The highest BCUT2D eigenvalue weighted by Gasteiger charge is 2.28. The molecular weight excluding hydrogens is 362 g/mol. The van der Waals surface area contributed by atoms with Gasteiger partial charge in [0.2, 0.25) is 10.0 Å². The Morgan fingerprint density at radius 3 is 2.41 bits per heavy atom. The normalized spacial score (nSPS) is 16.3. The molecular formula is C20H33N3O3S. The molecule has 0 atom stereocenters. The number of aryl methyl sites for hydroxylation is 1. The number of nitrogens with one attached hydrogen (secondary N) is 2. The lowest BCUT2D eigenvalue weighted by atomic mass is 10.1. The maximum atomic E-state index is 13.0. The lowest BCUT2D eigenvalue weighted by molar-refractivity contribution is 0.0953. The van der Waals surface area contributed by atoms with Crippen molar-refractivity contribution in [1.29, 1.82) is 0 Å². The molecule has 7 heteroatoms. The van der Waals surface area contributed by atoms with Crippen LogP contribution >= 0.6 is 0 Å². The van der Waals surface area contributed by atoms with Gasteiger partial charge in [-0.05, 0) is 71.2 Å². The maximum absolute atomic E-state index is 13.0. The summed E-state index contributed by atoms with van der Waals surface area (Å²) in [4.78, 5) is 12.7. The lowest BCUT2D eigenvalue weighted by Crippen LogP contribution is -2.38. The number of rotatable bonds is 7. The van der Waals surface area contributed by atoms with Crippen LogP contribution in [-0.2, 0) is 10.0 Å². The minimum Gasteiger partial charge on any atom is -0.352 e. The molecule has 1 aromatic carbocycles. The van der Waals surface area contributed by atoms with Gasteiger partial charge in [-0.1, -0.05) is 12.5 Å². The van der Waals surface area contributed by atoms with Crippen molar-refractivity contribution in [3.63, 3.8) is 0 Å². The fourth-order valence-corrected chi connectivity index (χ4v) is 4.89. The molecule has 0 aliphatic carbocycles. The first-order valence-electron chi connectivity index (χ1n) is 9.75. The van der Waals surface area contributed by atoms with E-state index in [1.54, 1.807) is 23.4 Å². The van der Waals surface area contributed by atoms with Gasteiger partial charge in [0.15, 0.2) is 0 Å². The summed E-state index contributed by atoms with van der Waals surface area (Å²) in [6, 6.07) is 4.92. The summed E-state index contributed by atoms with van der Waals surface area (Å²) < 4.78 is 27.5. The van der Waals surface area contributed by atoms with E-state index >= 15 is 0 Å². The summed E-state index contributed by atoms with van der Waals surface area (Å²) in [6.07, 6.45) is 3.66. The molecule has 1 aliphatic heterocycles. The average molecular weight is 396 g/mol. The van der Waals surface area contributed by atoms with Crippen LogP contribution in [0.1, 0.15) is 62.4 Å². The summed E-state index contributed by atoms with van der Waals surface area (Å²) in [5.74, 6) is -0.235. The molecule has 0 spiro atoms. The number of sulfonamides is 1. The van der Waals surface area contributed by atoms with Gasteiger partial charge in [-0.25, -0.2) is 8.42 Å². The zero-order valence-corrected chi connectivity index (χ0v) is 17.8. The van der Waals surface area contributed by atoms with Crippen LogP contribution < -0.4 is 10.6 Å². The van der Waals surface area contributed by atoms with E-state index in [0.29, 0.717) is 30.8 Å². The monoisotopic (exact) mass is 395 g/mol. The second kappa shape index (κ2) is 9.17. The molecule has 1 fully saturated rings. The van der Waals surface area contributed by atoms with E-state index in [-0.39, 0.29) is 16.3 Å². The smallest absolute Gasteiger partial charge is 0.251 e. The van der Waals surface area contributed by atoms with Crippen molar-refractivity contribution in [2.24, 2.45) is 0 Å². The van der Waals surface area contributed by atoms with Gasteiger partial charge in [-0.3, -0.25) is 4.79 Å². The van der Waals surface area contributed by atoms with Crippen LogP contribution in [0.15, 0.2) is 23.1 Å². The molecule has 1 heterocycles.